The molecule has 0 saturated carbocycles. The molecule has 7 nitrogen and oxygen atoms in total. The summed E-state index contributed by atoms with van der Waals surface area (Å²) in [5, 5.41) is 6.21. The maximum Gasteiger partial charge on any atom is 0.323 e. The molecule has 0 aromatic carbocycles. The fraction of sp³-hybridized carbons (Fsp3) is 0.500. The lowest BCUT2D eigenvalue weighted by molar-refractivity contribution is 0.222. The van der Waals surface area contributed by atoms with Gasteiger partial charge in [0.25, 0.3) is 0 Å². The number of aromatic nitrogens is 4. The summed E-state index contributed by atoms with van der Waals surface area (Å²) >= 11 is 1.58. The third-order valence-electron chi connectivity index (χ3n) is 2.20. The Morgan fingerprint density at radius 1 is 1.20 bits per heavy atom. The summed E-state index contributed by atoms with van der Waals surface area (Å²) in [6, 6.07) is 0.317. The molecule has 0 aliphatic carbocycles. The van der Waals surface area contributed by atoms with Gasteiger partial charge in [-0.25, -0.2) is 0 Å². The lowest BCUT2D eigenvalue weighted by Crippen LogP contribution is -2.13. The van der Waals surface area contributed by atoms with Crippen molar-refractivity contribution in [2.45, 2.75) is 33.4 Å². The largest absolute Gasteiger partial charge is 0.461 e. The van der Waals surface area contributed by atoms with Gasteiger partial charge in [0.15, 0.2) is 0 Å². The second-order valence-corrected chi connectivity index (χ2v) is 5.25. The minimum atomic E-state index is 0.0150. The normalized spacial score (nSPS) is 10.6. The molecule has 2 N–H and O–H groups in total. The molecule has 2 rings (SSSR count). The minimum absolute atomic E-state index is 0.0150. The summed E-state index contributed by atoms with van der Waals surface area (Å²) in [5.74, 6) is 0.991. The smallest absolute Gasteiger partial charge is 0.323 e. The first-order valence-corrected chi connectivity index (χ1v) is 7.33. The number of ether oxygens (including phenoxy) is 1. The lowest BCUT2D eigenvalue weighted by atomic mass is 10.5. The third kappa shape index (κ3) is 4.30. The molecule has 0 spiro atoms. The van der Waals surface area contributed by atoms with E-state index in [1.165, 1.54) is 0 Å². The number of nitrogens with zero attached hydrogens (tertiary/aromatic N) is 4. The van der Waals surface area contributed by atoms with E-state index in [1.807, 2.05) is 27.0 Å². The van der Waals surface area contributed by atoms with Crippen molar-refractivity contribution in [3.8, 4) is 6.01 Å². The molecule has 0 aliphatic rings. The zero-order chi connectivity index (χ0) is 14.4. The van der Waals surface area contributed by atoms with Crippen LogP contribution in [0.15, 0.2) is 11.7 Å². The van der Waals surface area contributed by atoms with Crippen LogP contribution in [0.5, 0.6) is 6.01 Å². The van der Waals surface area contributed by atoms with Gasteiger partial charge in [0.2, 0.25) is 11.9 Å². The lowest BCUT2D eigenvalue weighted by Gasteiger charge is -2.11. The van der Waals surface area contributed by atoms with Crippen molar-refractivity contribution < 1.29 is 4.74 Å². The van der Waals surface area contributed by atoms with Gasteiger partial charge in [0.1, 0.15) is 0 Å². The van der Waals surface area contributed by atoms with Gasteiger partial charge in [-0.15, -0.1) is 11.3 Å². The molecule has 0 atom stereocenters. The molecule has 20 heavy (non-hydrogen) atoms. The number of rotatable bonds is 7. The Bertz CT molecular complexity index is 531. The highest BCUT2D eigenvalue weighted by Gasteiger charge is 2.08. The fourth-order valence-corrected chi connectivity index (χ4v) is 1.97. The molecule has 0 bridgehead atoms. The highest BCUT2D eigenvalue weighted by atomic mass is 32.1. The second-order valence-electron chi connectivity index (χ2n) is 4.28. The number of hydrogen-bond acceptors (Lipinski definition) is 8. The van der Waals surface area contributed by atoms with E-state index in [9.17, 15) is 0 Å². The van der Waals surface area contributed by atoms with Crippen LogP contribution >= 0.6 is 11.3 Å². The van der Waals surface area contributed by atoms with Crippen molar-refractivity contribution in [1.29, 1.82) is 0 Å². The first-order valence-electron chi connectivity index (χ1n) is 6.45. The predicted octanol–water partition coefficient (Wildman–Crippen LogP) is 2.16. The Kier molecular flexibility index (Phi) is 5.05. The van der Waals surface area contributed by atoms with Crippen molar-refractivity contribution in [2.75, 3.05) is 17.2 Å². The molecule has 0 aliphatic heterocycles. The molecule has 0 unspecified atom stereocenters. The maximum atomic E-state index is 5.53. The Hall–Kier alpha value is -1.96. The quantitative estimate of drug-likeness (QED) is 0.809. The average molecular weight is 294 g/mol. The topological polar surface area (TPSA) is 84.9 Å². The van der Waals surface area contributed by atoms with Crippen LogP contribution in [0.4, 0.5) is 11.9 Å². The summed E-state index contributed by atoms with van der Waals surface area (Å²) in [6.07, 6.45) is 1.83. The standard InChI is InChI=1S/C12H18N6OS/c1-4-14-10-16-11(15-6-9-5-13-7-20-9)18-12(17-10)19-8(2)3/h5,7-8H,4,6H2,1-3H3,(H2,14,15,16,17,18). The van der Waals surface area contributed by atoms with Gasteiger partial charge in [0, 0.05) is 17.6 Å². The first kappa shape index (κ1) is 14.4. The van der Waals surface area contributed by atoms with Gasteiger partial charge >= 0.3 is 6.01 Å². The molecule has 108 valence electrons. The molecule has 2 aromatic heterocycles. The number of thiazole rings is 1. The second kappa shape index (κ2) is 6.99. The van der Waals surface area contributed by atoms with Crippen molar-refractivity contribution in [3.05, 3.63) is 16.6 Å². The maximum absolute atomic E-state index is 5.53. The average Bonchev–Trinajstić information content (AvgIpc) is 2.89. The van der Waals surface area contributed by atoms with Crippen LogP contribution in [-0.2, 0) is 6.54 Å². The molecule has 0 fully saturated rings. The van der Waals surface area contributed by atoms with Crippen molar-refractivity contribution >= 4 is 23.2 Å². The van der Waals surface area contributed by atoms with Gasteiger partial charge in [-0.1, -0.05) is 0 Å². The Morgan fingerprint density at radius 2 is 1.95 bits per heavy atom. The van der Waals surface area contributed by atoms with E-state index in [1.54, 1.807) is 16.8 Å². The predicted molar refractivity (Wildman–Crippen MR) is 79.2 cm³/mol. The Labute approximate surface area is 121 Å². The van der Waals surface area contributed by atoms with Gasteiger partial charge in [-0.2, -0.15) is 15.0 Å². The molecule has 2 heterocycles. The fourth-order valence-electron chi connectivity index (χ4n) is 1.43. The summed E-state index contributed by atoms with van der Waals surface area (Å²) < 4.78 is 5.53. The SMILES string of the molecule is CCNc1nc(NCc2cncs2)nc(OC(C)C)n1. The van der Waals surface area contributed by atoms with Gasteiger partial charge < -0.3 is 15.4 Å². The summed E-state index contributed by atoms with van der Waals surface area (Å²) in [7, 11) is 0. The minimum Gasteiger partial charge on any atom is -0.461 e. The number of nitrogens with one attached hydrogen (secondary N) is 2. The number of hydrogen-bond donors (Lipinski definition) is 2. The molecular formula is C12H18N6OS. The van der Waals surface area contributed by atoms with E-state index in [-0.39, 0.29) is 6.10 Å². The van der Waals surface area contributed by atoms with Gasteiger partial charge in [-0.05, 0) is 20.8 Å². The third-order valence-corrected chi connectivity index (χ3v) is 2.97. The Balaban J connectivity index is 2.10. The Morgan fingerprint density at radius 3 is 2.55 bits per heavy atom. The summed E-state index contributed by atoms with van der Waals surface area (Å²) in [5.41, 5.74) is 1.79. The van der Waals surface area contributed by atoms with E-state index in [0.29, 0.717) is 24.5 Å². The van der Waals surface area contributed by atoms with Crippen LogP contribution in [0.1, 0.15) is 25.6 Å². The van der Waals surface area contributed by atoms with Crippen LogP contribution in [0.2, 0.25) is 0 Å². The molecule has 0 radical (unpaired) electrons. The monoisotopic (exact) mass is 294 g/mol. The molecule has 2 aromatic rings. The van der Waals surface area contributed by atoms with Crippen LogP contribution in [0.25, 0.3) is 0 Å². The molecular weight excluding hydrogens is 276 g/mol. The highest BCUT2D eigenvalue weighted by Crippen LogP contribution is 2.14. The number of anilines is 2. The molecule has 0 saturated heterocycles. The van der Waals surface area contributed by atoms with Crippen molar-refractivity contribution in [1.82, 2.24) is 19.9 Å². The molecule has 8 heteroatoms. The van der Waals surface area contributed by atoms with Crippen LogP contribution in [0.3, 0.4) is 0 Å². The first-order chi connectivity index (χ1) is 9.67. The zero-order valence-corrected chi connectivity index (χ0v) is 12.6. The van der Waals surface area contributed by atoms with Crippen molar-refractivity contribution in [3.63, 3.8) is 0 Å². The van der Waals surface area contributed by atoms with Gasteiger partial charge in [-0.3, -0.25) is 4.98 Å². The van der Waals surface area contributed by atoms with E-state index in [2.05, 4.69) is 30.6 Å². The van der Waals surface area contributed by atoms with E-state index in [4.69, 9.17) is 4.74 Å². The van der Waals surface area contributed by atoms with Gasteiger partial charge in [0.05, 0.1) is 18.2 Å². The van der Waals surface area contributed by atoms with Crippen molar-refractivity contribution in [2.24, 2.45) is 0 Å². The highest BCUT2D eigenvalue weighted by molar-refractivity contribution is 7.09. The van der Waals surface area contributed by atoms with Crippen LogP contribution < -0.4 is 15.4 Å². The summed E-state index contributed by atoms with van der Waals surface area (Å²) in [4.78, 5) is 17.9. The zero-order valence-electron chi connectivity index (χ0n) is 11.8. The van der Waals surface area contributed by atoms with E-state index >= 15 is 0 Å². The van der Waals surface area contributed by atoms with E-state index in [0.717, 1.165) is 11.4 Å². The summed E-state index contributed by atoms with van der Waals surface area (Å²) in [6.45, 7) is 7.21. The van der Waals surface area contributed by atoms with E-state index < -0.39 is 0 Å². The van der Waals surface area contributed by atoms with Crippen LogP contribution in [-0.4, -0.2) is 32.6 Å². The van der Waals surface area contributed by atoms with Crippen LogP contribution in [0, 0.1) is 0 Å². The molecule has 0 amide bonds.